The zero-order valence-electron chi connectivity index (χ0n) is 11.4. The van der Waals surface area contributed by atoms with E-state index in [-0.39, 0.29) is 0 Å². The van der Waals surface area contributed by atoms with E-state index >= 15 is 0 Å². The van der Waals surface area contributed by atoms with Crippen LogP contribution in [0.5, 0.6) is 0 Å². The molecule has 0 aliphatic heterocycles. The summed E-state index contributed by atoms with van der Waals surface area (Å²) in [6, 6.07) is 6.52. The van der Waals surface area contributed by atoms with Gasteiger partial charge in [-0.2, -0.15) is 0 Å². The average Bonchev–Trinajstić information content (AvgIpc) is 2.88. The third-order valence-corrected chi connectivity index (χ3v) is 5.14. The molecule has 0 saturated carbocycles. The fourth-order valence-corrected chi connectivity index (χ4v) is 3.57. The summed E-state index contributed by atoms with van der Waals surface area (Å²) in [5.74, 6) is 0. The fourth-order valence-electron chi connectivity index (χ4n) is 1.95. The van der Waals surface area contributed by atoms with E-state index in [1.807, 2.05) is 0 Å². The molecule has 0 aliphatic carbocycles. The third kappa shape index (κ3) is 3.22. The number of aromatic nitrogens is 2. The van der Waals surface area contributed by atoms with Crippen LogP contribution in [0.25, 0.3) is 10.6 Å². The minimum atomic E-state index is 0.305. The highest BCUT2D eigenvalue weighted by Crippen LogP contribution is 2.34. The molecule has 1 atom stereocenters. The molecule has 1 aromatic carbocycles. The molecule has 1 heterocycles. The first-order valence-corrected chi connectivity index (χ1v) is 8.10. The molecule has 2 rings (SSSR count). The van der Waals surface area contributed by atoms with Gasteiger partial charge >= 0.3 is 0 Å². The largest absolute Gasteiger partial charge is 0.308 e. The van der Waals surface area contributed by atoms with Crippen LogP contribution in [0.3, 0.4) is 0 Å². The van der Waals surface area contributed by atoms with Crippen molar-refractivity contribution in [3.05, 3.63) is 33.2 Å². The molecule has 0 saturated heterocycles. The molecule has 2 aromatic rings. The van der Waals surface area contributed by atoms with Gasteiger partial charge in [0.2, 0.25) is 0 Å². The molecule has 0 radical (unpaired) electrons. The summed E-state index contributed by atoms with van der Waals surface area (Å²) >= 11 is 5.30. The Balaban J connectivity index is 2.32. The molecule has 0 fully saturated rings. The highest BCUT2D eigenvalue weighted by Gasteiger charge is 2.16. The third-order valence-electron chi connectivity index (χ3n) is 3.02. The summed E-state index contributed by atoms with van der Waals surface area (Å²) in [4.78, 5) is 0. The van der Waals surface area contributed by atoms with E-state index in [1.165, 1.54) is 5.56 Å². The summed E-state index contributed by atoms with van der Waals surface area (Å²) in [6.07, 6.45) is 1.03. The van der Waals surface area contributed by atoms with Crippen LogP contribution in [-0.2, 0) is 0 Å². The molecule has 1 N–H and O–H groups in total. The molecule has 0 spiro atoms. The van der Waals surface area contributed by atoms with Crippen LogP contribution in [0.15, 0.2) is 22.7 Å². The number of nitrogens with zero attached hydrogens (tertiary/aromatic N) is 2. The van der Waals surface area contributed by atoms with Crippen LogP contribution < -0.4 is 5.32 Å². The summed E-state index contributed by atoms with van der Waals surface area (Å²) in [5.41, 5.74) is 2.34. The normalized spacial score (nSPS) is 12.6. The van der Waals surface area contributed by atoms with Gasteiger partial charge in [-0.15, -0.1) is 10.2 Å². The van der Waals surface area contributed by atoms with E-state index in [2.05, 4.69) is 70.4 Å². The van der Waals surface area contributed by atoms with Crippen molar-refractivity contribution < 1.29 is 0 Å². The van der Waals surface area contributed by atoms with E-state index < -0.39 is 0 Å². The van der Waals surface area contributed by atoms with Gasteiger partial charge < -0.3 is 5.32 Å². The molecule has 0 aliphatic rings. The Morgan fingerprint density at radius 2 is 2.11 bits per heavy atom. The van der Waals surface area contributed by atoms with Crippen LogP contribution in [0, 0.1) is 6.92 Å². The second-order valence-corrected chi connectivity index (χ2v) is 6.20. The van der Waals surface area contributed by atoms with Crippen molar-refractivity contribution in [3.63, 3.8) is 0 Å². The maximum Gasteiger partial charge on any atom is 0.149 e. The molecule has 0 bridgehead atoms. The molecule has 102 valence electrons. The second kappa shape index (κ2) is 6.59. The Morgan fingerprint density at radius 1 is 1.32 bits per heavy atom. The second-order valence-electron chi connectivity index (χ2n) is 4.40. The Hall–Kier alpha value is -0.780. The molecular formula is C14H18BrN3S. The highest BCUT2D eigenvalue weighted by molar-refractivity contribution is 9.10. The molecule has 19 heavy (non-hydrogen) atoms. The van der Waals surface area contributed by atoms with Crippen LogP contribution in [0.4, 0.5) is 0 Å². The van der Waals surface area contributed by atoms with Crippen LogP contribution in [0.2, 0.25) is 0 Å². The van der Waals surface area contributed by atoms with E-state index in [1.54, 1.807) is 11.3 Å². The van der Waals surface area contributed by atoms with Crippen LogP contribution in [0.1, 0.15) is 36.9 Å². The van der Waals surface area contributed by atoms with Crippen molar-refractivity contribution in [2.75, 3.05) is 6.54 Å². The number of benzene rings is 1. The summed E-state index contributed by atoms with van der Waals surface area (Å²) in [6.45, 7) is 7.31. The van der Waals surface area contributed by atoms with E-state index in [0.717, 1.165) is 33.0 Å². The Kier molecular flexibility index (Phi) is 5.07. The SMILES string of the molecule is CCNC(CC)c1nnc(-c2cccc(C)c2Br)s1. The van der Waals surface area contributed by atoms with Crippen molar-refractivity contribution in [2.45, 2.75) is 33.2 Å². The minimum absolute atomic E-state index is 0.305. The van der Waals surface area contributed by atoms with Crippen molar-refractivity contribution in [2.24, 2.45) is 0 Å². The van der Waals surface area contributed by atoms with Gasteiger partial charge in [-0.3, -0.25) is 0 Å². The van der Waals surface area contributed by atoms with Gasteiger partial charge in [0.15, 0.2) is 0 Å². The maximum atomic E-state index is 4.34. The fraction of sp³-hybridized carbons (Fsp3) is 0.429. The number of hydrogen-bond donors (Lipinski definition) is 1. The summed E-state index contributed by atoms with van der Waals surface area (Å²) in [7, 11) is 0. The topological polar surface area (TPSA) is 37.8 Å². The monoisotopic (exact) mass is 339 g/mol. The van der Waals surface area contributed by atoms with Gasteiger partial charge in [0.05, 0.1) is 6.04 Å². The van der Waals surface area contributed by atoms with E-state index in [4.69, 9.17) is 0 Å². The predicted octanol–water partition coefficient (Wildman–Crippen LogP) is 4.34. The van der Waals surface area contributed by atoms with Gasteiger partial charge in [-0.05, 0) is 41.4 Å². The smallest absolute Gasteiger partial charge is 0.149 e. The maximum absolute atomic E-state index is 4.34. The number of nitrogens with one attached hydrogen (secondary N) is 1. The number of halogens is 1. The molecule has 3 nitrogen and oxygen atoms in total. The Labute approximate surface area is 126 Å². The van der Waals surface area contributed by atoms with Gasteiger partial charge in [0.25, 0.3) is 0 Å². The van der Waals surface area contributed by atoms with Crippen LogP contribution >= 0.6 is 27.3 Å². The standard InChI is InChI=1S/C14H18BrN3S/c1-4-11(16-5-2)14-18-17-13(19-14)10-8-6-7-9(3)12(10)15/h6-8,11,16H,4-5H2,1-3H3. The zero-order chi connectivity index (χ0) is 13.8. The summed E-state index contributed by atoms with van der Waals surface area (Å²) < 4.78 is 1.11. The Morgan fingerprint density at radius 3 is 2.79 bits per heavy atom. The molecule has 5 heteroatoms. The van der Waals surface area contributed by atoms with Crippen molar-refractivity contribution in [1.29, 1.82) is 0 Å². The summed E-state index contributed by atoms with van der Waals surface area (Å²) in [5, 5.41) is 14.1. The van der Waals surface area contributed by atoms with Crippen molar-refractivity contribution in [1.82, 2.24) is 15.5 Å². The molecular weight excluding hydrogens is 322 g/mol. The van der Waals surface area contributed by atoms with Crippen molar-refractivity contribution >= 4 is 27.3 Å². The lowest BCUT2D eigenvalue weighted by atomic mass is 10.1. The first-order valence-electron chi connectivity index (χ1n) is 6.49. The van der Waals surface area contributed by atoms with Crippen LogP contribution in [-0.4, -0.2) is 16.7 Å². The van der Waals surface area contributed by atoms with E-state index in [9.17, 15) is 0 Å². The highest BCUT2D eigenvalue weighted by atomic mass is 79.9. The number of hydrogen-bond acceptors (Lipinski definition) is 4. The quantitative estimate of drug-likeness (QED) is 0.880. The van der Waals surface area contributed by atoms with Crippen molar-refractivity contribution in [3.8, 4) is 10.6 Å². The van der Waals surface area contributed by atoms with Gasteiger partial charge in [-0.25, -0.2) is 0 Å². The van der Waals surface area contributed by atoms with Gasteiger partial charge in [0.1, 0.15) is 10.0 Å². The number of rotatable bonds is 5. The average molecular weight is 340 g/mol. The minimum Gasteiger partial charge on any atom is -0.308 e. The molecule has 1 unspecified atom stereocenters. The zero-order valence-corrected chi connectivity index (χ0v) is 13.8. The lowest BCUT2D eigenvalue weighted by Gasteiger charge is -2.11. The molecule has 1 aromatic heterocycles. The van der Waals surface area contributed by atoms with Gasteiger partial charge in [0, 0.05) is 10.0 Å². The van der Waals surface area contributed by atoms with Gasteiger partial charge in [-0.1, -0.05) is 43.4 Å². The first kappa shape index (κ1) is 14.6. The first-order chi connectivity index (χ1) is 9.17. The lowest BCUT2D eigenvalue weighted by Crippen LogP contribution is -2.19. The number of aryl methyl sites for hydroxylation is 1. The molecule has 0 amide bonds. The predicted molar refractivity (Wildman–Crippen MR) is 84.5 cm³/mol. The van der Waals surface area contributed by atoms with E-state index in [0.29, 0.717) is 6.04 Å². The lowest BCUT2D eigenvalue weighted by molar-refractivity contribution is 0.531. The Bertz CT molecular complexity index is 553.